The highest BCUT2D eigenvalue weighted by Gasteiger charge is 2.26. The van der Waals surface area contributed by atoms with Gasteiger partial charge in [-0.3, -0.25) is 0 Å². The smallest absolute Gasteiger partial charge is 0.341 e. The first kappa shape index (κ1) is 19.3. The minimum absolute atomic E-state index is 0.272. The number of fused-ring (bicyclic) bond motifs is 1. The number of rotatable bonds is 5. The lowest BCUT2D eigenvalue weighted by molar-refractivity contribution is 0.0601. The summed E-state index contributed by atoms with van der Waals surface area (Å²) in [7, 11) is 3.34. The van der Waals surface area contributed by atoms with Crippen molar-refractivity contribution in [2.24, 2.45) is 7.05 Å². The van der Waals surface area contributed by atoms with E-state index >= 15 is 0 Å². The Labute approximate surface area is 179 Å². The third-order valence-electron chi connectivity index (χ3n) is 5.75. The first-order chi connectivity index (χ1) is 15.0. The number of anilines is 2. The molecule has 31 heavy (non-hydrogen) atoms. The van der Waals surface area contributed by atoms with Crippen LogP contribution in [0, 0.1) is 5.82 Å². The van der Waals surface area contributed by atoms with Crippen LogP contribution < -0.4 is 5.32 Å². The number of aromatic nitrogens is 2. The van der Waals surface area contributed by atoms with Crippen LogP contribution in [0.15, 0.2) is 60.9 Å². The zero-order valence-corrected chi connectivity index (χ0v) is 17.4. The molecule has 1 fully saturated rings. The van der Waals surface area contributed by atoms with E-state index < -0.39 is 5.97 Å². The largest absolute Gasteiger partial charge is 0.465 e. The summed E-state index contributed by atoms with van der Waals surface area (Å²) in [6.07, 6.45) is 6.07. The number of aryl methyl sites for hydroxylation is 1. The zero-order chi connectivity index (χ0) is 21.5. The molecule has 1 aliphatic rings. The summed E-state index contributed by atoms with van der Waals surface area (Å²) in [5.41, 5.74) is 5.04. The van der Waals surface area contributed by atoms with Gasteiger partial charge >= 0.3 is 5.97 Å². The summed E-state index contributed by atoms with van der Waals surface area (Å²) in [4.78, 5) is 16.9. The fraction of sp³-hybridized carbons (Fsp3) is 0.200. The molecule has 0 saturated heterocycles. The molecule has 6 heteroatoms. The molecule has 0 aliphatic heterocycles. The number of hydrogen-bond acceptors (Lipinski definition) is 4. The van der Waals surface area contributed by atoms with Crippen LogP contribution in [0.5, 0.6) is 0 Å². The maximum atomic E-state index is 13.8. The Hall–Kier alpha value is -3.67. The molecule has 2 aromatic heterocycles. The lowest BCUT2D eigenvalue weighted by Crippen LogP contribution is -2.08. The number of carbonyl (C=O) groups is 1. The third-order valence-corrected chi connectivity index (χ3v) is 5.75. The van der Waals surface area contributed by atoms with Crippen LogP contribution in [0.1, 0.15) is 34.7 Å². The number of carbonyl (C=O) groups excluding carboxylic acids is 1. The van der Waals surface area contributed by atoms with Gasteiger partial charge in [-0.1, -0.05) is 12.1 Å². The SMILES string of the molecule is COC(=O)c1cc(C2CC2)cnc1Nc1ccc2c(c1)c(-c1cccc(F)c1)cn2C. The average molecular weight is 415 g/mol. The van der Waals surface area contributed by atoms with E-state index in [-0.39, 0.29) is 5.82 Å². The molecule has 2 aromatic carbocycles. The molecule has 0 bridgehead atoms. The number of ether oxygens (including phenoxy) is 1. The Morgan fingerprint density at radius 3 is 2.77 bits per heavy atom. The Morgan fingerprint density at radius 2 is 2.03 bits per heavy atom. The van der Waals surface area contributed by atoms with Gasteiger partial charge in [0.2, 0.25) is 0 Å². The molecular weight excluding hydrogens is 393 g/mol. The normalized spacial score (nSPS) is 13.4. The summed E-state index contributed by atoms with van der Waals surface area (Å²) < 4.78 is 20.8. The lowest BCUT2D eigenvalue weighted by atomic mass is 10.0. The number of nitrogens with one attached hydrogen (secondary N) is 1. The molecule has 156 valence electrons. The van der Waals surface area contributed by atoms with Crippen LogP contribution in [0.4, 0.5) is 15.9 Å². The number of hydrogen-bond donors (Lipinski definition) is 1. The van der Waals surface area contributed by atoms with E-state index in [1.54, 1.807) is 6.07 Å². The van der Waals surface area contributed by atoms with E-state index in [9.17, 15) is 9.18 Å². The van der Waals surface area contributed by atoms with Crippen molar-refractivity contribution in [2.75, 3.05) is 12.4 Å². The van der Waals surface area contributed by atoms with E-state index in [1.807, 2.05) is 54.3 Å². The summed E-state index contributed by atoms with van der Waals surface area (Å²) in [6, 6.07) is 14.4. The summed E-state index contributed by atoms with van der Waals surface area (Å²) in [5.74, 6) is 0.253. The molecule has 4 aromatic rings. The third kappa shape index (κ3) is 3.65. The molecular formula is C25H22FN3O2. The summed E-state index contributed by atoms with van der Waals surface area (Å²) in [5, 5.41) is 4.25. The monoisotopic (exact) mass is 415 g/mol. The van der Waals surface area contributed by atoms with Gasteiger partial charge in [0, 0.05) is 41.6 Å². The lowest BCUT2D eigenvalue weighted by Gasteiger charge is -2.12. The van der Waals surface area contributed by atoms with Crippen molar-refractivity contribution >= 4 is 28.4 Å². The van der Waals surface area contributed by atoms with Gasteiger partial charge in [0.25, 0.3) is 0 Å². The quantitative estimate of drug-likeness (QED) is 0.419. The predicted octanol–water partition coefficient (Wildman–Crippen LogP) is 5.79. The average Bonchev–Trinajstić information content (AvgIpc) is 3.57. The van der Waals surface area contributed by atoms with Gasteiger partial charge < -0.3 is 14.6 Å². The molecule has 1 saturated carbocycles. The van der Waals surface area contributed by atoms with Crippen molar-refractivity contribution < 1.29 is 13.9 Å². The fourth-order valence-corrected chi connectivity index (χ4v) is 3.98. The second-order valence-electron chi connectivity index (χ2n) is 7.95. The summed E-state index contributed by atoms with van der Waals surface area (Å²) in [6.45, 7) is 0. The predicted molar refractivity (Wildman–Crippen MR) is 119 cm³/mol. The van der Waals surface area contributed by atoms with Crippen molar-refractivity contribution in [3.05, 3.63) is 77.9 Å². The molecule has 0 amide bonds. The molecule has 5 nitrogen and oxygen atoms in total. The van der Waals surface area contributed by atoms with Crippen molar-refractivity contribution in [3.63, 3.8) is 0 Å². The van der Waals surface area contributed by atoms with Gasteiger partial charge in [0.05, 0.1) is 7.11 Å². The molecule has 0 radical (unpaired) electrons. The van der Waals surface area contributed by atoms with Gasteiger partial charge in [-0.15, -0.1) is 0 Å². The van der Waals surface area contributed by atoms with Crippen LogP contribution in [0.2, 0.25) is 0 Å². The minimum Gasteiger partial charge on any atom is -0.465 e. The Bertz CT molecular complexity index is 1310. The molecule has 2 heterocycles. The van der Waals surface area contributed by atoms with E-state index in [2.05, 4.69) is 10.3 Å². The summed E-state index contributed by atoms with van der Waals surface area (Å²) >= 11 is 0. The number of methoxy groups -OCH3 is 1. The van der Waals surface area contributed by atoms with Crippen LogP contribution in [-0.2, 0) is 11.8 Å². The fourth-order valence-electron chi connectivity index (χ4n) is 3.98. The van der Waals surface area contributed by atoms with Gasteiger partial charge in [0.1, 0.15) is 17.2 Å². The van der Waals surface area contributed by atoms with Crippen molar-refractivity contribution in [1.82, 2.24) is 9.55 Å². The Morgan fingerprint density at radius 1 is 1.19 bits per heavy atom. The van der Waals surface area contributed by atoms with E-state index in [1.165, 1.54) is 19.2 Å². The molecule has 0 atom stereocenters. The maximum Gasteiger partial charge on any atom is 0.341 e. The number of halogens is 1. The second kappa shape index (κ2) is 7.54. The van der Waals surface area contributed by atoms with Gasteiger partial charge in [-0.05, 0) is 66.3 Å². The molecule has 0 unspecified atom stereocenters. The maximum absolute atomic E-state index is 13.8. The first-order valence-corrected chi connectivity index (χ1v) is 10.2. The number of esters is 1. The van der Waals surface area contributed by atoms with Crippen LogP contribution >= 0.6 is 0 Å². The molecule has 0 spiro atoms. The molecule has 5 rings (SSSR count). The van der Waals surface area contributed by atoms with Crippen molar-refractivity contribution in [2.45, 2.75) is 18.8 Å². The molecule has 1 N–H and O–H groups in total. The first-order valence-electron chi connectivity index (χ1n) is 10.2. The van der Waals surface area contributed by atoms with Gasteiger partial charge in [-0.2, -0.15) is 0 Å². The number of nitrogens with zero attached hydrogens (tertiary/aromatic N) is 2. The second-order valence-corrected chi connectivity index (χ2v) is 7.95. The highest BCUT2D eigenvalue weighted by atomic mass is 19.1. The van der Waals surface area contributed by atoms with Gasteiger partial charge in [0.15, 0.2) is 0 Å². The topological polar surface area (TPSA) is 56.1 Å². The minimum atomic E-state index is -0.418. The van der Waals surface area contributed by atoms with Crippen LogP contribution in [-0.4, -0.2) is 22.6 Å². The van der Waals surface area contributed by atoms with Crippen LogP contribution in [0.25, 0.3) is 22.0 Å². The highest BCUT2D eigenvalue weighted by molar-refractivity contribution is 5.99. The van der Waals surface area contributed by atoms with E-state index in [0.29, 0.717) is 17.3 Å². The Kier molecular flexibility index (Phi) is 4.70. The van der Waals surface area contributed by atoms with Crippen LogP contribution in [0.3, 0.4) is 0 Å². The van der Waals surface area contributed by atoms with Crippen molar-refractivity contribution in [3.8, 4) is 11.1 Å². The Balaban J connectivity index is 1.56. The zero-order valence-electron chi connectivity index (χ0n) is 17.4. The standard InChI is InChI=1S/C25H22FN3O2/c1-29-14-22(16-4-3-5-18(26)10-16)20-12-19(8-9-23(20)29)28-24-21(25(30)31-2)11-17(13-27-24)15-6-7-15/h3-5,8-15H,6-7H2,1-2H3,(H,27,28). The highest BCUT2D eigenvalue weighted by Crippen LogP contribution is 2.41. The van der Waals surface area contributed by atoms with Gasteiger partial charge in [-0.25, -0.2) is 14.2 Å². The van der Waals surface area contributed by atoms with E-state index in [4.69, 9.17) is 4.74 Å². The van der Waals surface area contributed by atoms with E-state index in [0.717, 1.165) is 46.1 Å². The number of benzene rings is 2. The number of pyridine rings is 1. The molecule has 1 aliphatic carbocycles. The van der Waals surface area contributed by atoms with Crippen molar-refractivity contribution in [1.29, 1.82) is 0 Å².